The van der Waals surface area contributed by atoms with Crippen LogP contribution >= 0.6 is 11.8 Å². The highest BCUT2D eigenvalue weighted by Gasteiger charge is 2.17. The van der Waals surface area contributed by atoms with E-state index in [1.807, 2.05) is 0 Å². The molecule has 1 aliphatic rings. The number of methoxy groups -OCH3 is 2. The first-order chi connectivity index (χ1) is 12.7. The van der Waals surface area contributed by atoms with E-state index >= 15 is 0 Å². The van der Waals surface area contributed by atoms with Gasteiger partial charge in [0.2, 0.25) is 11.8 Å². The van der Waals surface area contributed by atoms with E-state index in [1.165, 1.54) is 11.8 Å². The summed E-state index contributed by atoms with van der Waals surface area (Å²) in [4.78, 5) is 11.9. The van der Waals surface area contributed by atoms with Crippen LogP contribution in [0, 0.1) is 0 Å². The normalized spacial score (nSPS) is 16.5. The Balaban J connectivity index is 1.53. The maximum atomic E-state index is 11.9. The van der Waals surface area contributed by atoms with Crippen molar-refractivity contribution in [3.63, 3.8) is 0 Å². The molecule has 1 aromatic carbocycles. The van der Waals surface area contributed by atoms with Gasteiger partial charge in [-0.1, -0.05) is 11.8 Å². The largest absolute Gasteiger partial charge is 0.493 e. The quantitative estimate of drug-likeness (QED) is 0.697. The number of amides is 1. The number of carbonyl (C=O) groups is 1. The molecule has 1 amide bonds. The van der Waals surface area contributed by atoms with Crippen LogP contribution in [0.2, 0.25) is 0 Å². The zero-order chi connectivity index (χ0) is 18.4. The molecule has 2 heterocycles. The van der Waals surface area contributed by atoms with E-state index in [4.69, 9.17) is 18.6 Å². The Morgan fingerprint density at radius 3 is 2.88 bits per heavy atom. The molecule has 1 fully saturated rings. The third-order valence-electron chi connectivity index (χ3n) is 3.91. The number of benzene rings is 1. The number of ether oxygens (including phenoxy) is 3. The van der Waals surface area contributed by atoms with Gasteiger partial charge in [-0.15, -0.1) is 10.2 Å². The van der Waals surface area contributed by atoms with E-state index in [0.29, 0.717) is 34.7 Å². The van der Waals surface area contributed by atoms with Crippen molar-refractivity contribution in [1.82, 2.24) is 15.5 Å². The maximum absolute atomic E-state index is 11.9. The standard InChI is InChI=1S/C17H21N3O5S/c1-22-13-6-5-11(8-14(13)23-2)16-19-20-17(25-16)26-10-15(21)18-9-12-4-3-7-24-12/h5-6,8,12H,3-4,7,9-10H2,1-2H3,(H,18,21)/t12-/m1/s1. The van der Waals surface area contributed by atoms with E-state index < -0.39 is 0 Å². The highest BCUT2D eigenvalue weighted by atomic mass is 32.2. The predicted molar refractivity (Wildman–Crippen MR) is 95.5 cm³/mol. The number of nitrogens with one attached hydrogen (secondary N) is 1. The Hall–Kier alpha value is -2.26. The van der Waals surface area contributed by atoms with Gasteiger partial charge in [-0.05, 0) is 31.0 Å². The van der Waals surface area contributed by atoms with Gasteiger partial charge in [0.1, 0.15) is 0 Å². The van der Waals surface area contributed by atoms with Crippen molar-refractivity contribution in [1.29, 1.82) is 0 Å². The average molecular weight is 379 g/mol. The molecule has 1 saturated heterocycles. The van der Waals surface area contributed by atoms with Crippen molar-refractivity contribution in [2.24, 2.45) is 0 Å². The van der Waals surface area contributed by atoms with E-state index in [0.717, 1.165) is 19.4 Å². The second-order valence-electron chi connectivity index (χ2n) is 5.67. The highest BCUT2D eigenvalue weighted by molar-refractivity contribution is 7.99. The highest BCUT2D eigenvalue weighted by Crippen LogP contribution is 2.32. The van der Waals surface area contributed by atoms with Crippen molar-refractivity contribution in [3.05, 3.63) is 18.2 Å². The Morgan fingerprint density at radius 1 is 1.31 bits per heavy atom. The molecule has 3 rings (SSSR count). The topological polar surface area (TPSA) is 95.7 Å². The minimum Gasteiger partial charge on any atom is -0.493 e. The Labute approximate surface area is 155 Å². The van der Waals surface area contributed by atoms with Gasteiger partial charge in [-0.3, -0.25) is 4.79 Å². The Kier molecular flexibility index (Phi) is 6.35. The number of rotatable bonds is 8. The van der Waals surface area contributed by atoms with Gasteiger partial charge in [0.05, 0.1) is 26.1 Å². The van der Waals surface area contributed by atoms with Crippen LogP contribution in [0.3, 0.4) is 0 Å². The van der Waals surface area contributed by atoms with Crippen LogP contribution in [-0.4, -0.2) is 55.3 Å². The summed E-state index contributed by atoms with van der Waals surface area (Å²) in [7, 11) is 3.13. The molecule has 9 heteroatoms. The molecule has 0 radical (unpaired) electrons. The summed E-state index contributed by atoms with van der Waals surface area (Å²) in [5, 5.41) is 11.2. The minimum absolute atomic E-state index is 0.0867. The lowest BCUT2D eigenvalue weighted by Gasteiger charge is -2.09. The number of nitrogens with zero attached hydrogens (tertiary/aromatic N) is 2. The summed E-state index contributed by atoms with van der Waals surface area (Å²) in [6, 6.07) is 5.33. The molecule has 0 unspecified atom stereocenters. The van der Waals surface area contributed by atoms with Crippen molar-refractivity contribution in [2.75, 3.05) is 33.1 Å². The van der Waals surface area contributed by atoms with Crippen LogP contribution in [0.15, 0.2) is 27.8 Å². The number of thioether (sulfide) groups is 1. The first kappa shape index (κ1) is 18.5. The van der Waals surface area contributed by atoms with Crippen molar-refractivity contribution in [3.8, 4) is 23.0 Å². The van der Waals surface area contributed by atoms with Gasteiger partial charge in [0.25, 0.3) is 5.22 Å². The van der Waals surface area contributed by atoms with Gasteiger partial charge < -0.3 is 23.9 Å². The lowest BCUT2D eigenvalue weighted by Crippen LogP contribution is -2.32. The van der Waals surface area contributed by atoms with E-state index in [2.05, 4.69) is 15.5 Å². The van der Waals surface area contributed by atoms with Crippen LogP contribution < -0.4 is 14.8 Å². The maximum Gasteiger partial charge on any atom is 0.277 e. The zero-order valence-corrected chi connectivity index (χ0v) is 15.5. The van der Waals surface area contributed by atoms with Gasteiger partial charge in [0, 0.05) is 18.7 Å². The fraction of sp³-hybridized carbons (Fsp3) is 0.471. The lowest BCUT2D eigenvalue weighted by atomic mass is 10.2. The summed E-state index contributed by atoms with van der Waals surface area (Å²) in [6.07, 6.45) is 2.17. The zero-order valence-electron chi connectivity index (χ0n) is 14.7. The molecule has 1 atom stereocenters. The van der Waals surface area contributed by atoms with Crippen molar-refractivity contribution in [2.45, 2.75) is 24.2 Å². The lowest BCUT2D eigenvalue weighted by molar-refractivity contribution is -0.119. The molecule has 8 nitrogen and oxygen atoms in total. The first-order valence-electron chi connectivity index (χ1n) is 8.26. The van der Waals surface area contributed by atoms with Crippen LogP contribution in [0.1, 0.15) is 12.8 Å². The van der Waals surface area contributed by atoms with Gasteiger partial charge in [-0.25, -0.2) is 0 Å². The van der Waals surface area contributed by atoms with Crippen LogP contribution in [-0.2, 0) is 9.53 Å². The van der Waals surface area contributed by atoms with Gasteiger partial charge in [0.15, 0.2) is 11.5 Å². The van der Waals surface area contributed by atoms with Crippen molar-refractivity contribution >= 4 is 17.7 Å². The third kappa shape index (κ3) is 4.67. The summed E-state index contributed by atoms with van der Waals surface area (Å²) in [5.41, 5.74) is 0.713. The monoisotopic (exact) mass is 379 g/mol. The van der Waals surface area contributed by atoms with Gasteiger partial charge >= 0.3 is 0 Å². The molecular formula is C17H21N3O5S. The number of carbonyl (C=O) groups excluding carboxylic acids is 1. The molecule has 0 saturated carbocycles. The summed E-state index contributed by atoms with van der Waals surface area (Å²) in [5.74, 6) is 1.67. The molecule has 1 aromatic heterocycles. The number of hydrogen-bond acceptors (Lipinski definition) is 8. The molecule has 140 valence electrons. The smallest absolute Gasteiger partial charge is 0.277 e. The molecule has 1 N–H and O–H groups in total. The van der Waals surface area contributed by atoms with Crippen LogP contribution in [0.4, 0.5) is 0 Å². The van der Waals surface area contributed by atoms with Gasteiger partial charge in [-0.2, -0.15) is 0 Å². The first-order valence-corrected chi connectivity index (χ1v) is 9.25. The molecule has 0 spiro atoms. The number of hydrogen-bond donors (Lipinski definition) is 1. The van der Waals surface area contributed by atoms with E-state index in [-0.39, 0.29) is 17.8 Å². The van der Waals surface area contributed by atoms with Crippen molar-refractivity contribution < 1.29 is 23.4 Å². The third-order valence-corrected chi connectivity index (χ3v) is 4.73. The SMILES string of the molecule is COc1ccc(-c2nnc(SCC(=O)NC[C@H]3CCCO3)o2)cc1OC. The fourth-order valence-corrected chi connectivity index (χ4v) is 3.16. The summed E-state index contributed by atoms with van der Waals surface area (Å²) < 4.78 is 21.6. The molecule has 1 aliphatic heterocycles. The van der Waals surface area contributed by atoms with E-state index in [1.54, 1.807) is 32.4 Å². The summed E-state index contributed by atoms with van der Waals surface area (Å²) in [6.45, 7) is 1.32. The van der Waals surface area contributed by atoms with E-state index in [9.17, 15) is 4.79 Å². The molecule has 0 bridgehead atoms. The second-order valence-corrected chi connectivity index (χ2v) is 6.60. The molecule has 26 heavy (non-hydrogen) atoms. The Morgan fingerprint density at radius 2 is 2.15 bits per heavy atom. The van der Waals surface area contributed by atoms with Crippen LogP contribution in [0.25, 0.3) is 11.5 Å². The molecular weight excluding hydrogens is 358 g/mol. The molecule has 0 aliphatic carbocycles. The average Bonchev–Trinajstić information content (AvgIpc) is 3.36. The Bertz CT molecular complexity index is 746. The number of aromatic nitrogens is 2. The predicted octanol–water partition coefficient (Wildman–Crippen LogP) is 2.14. The summed E-state index contributed by atoms with van der Waals surface area (Å²) >= 11 is 1.20. The molecule has 2 aromatic rings. The van der Waals surface area contributed by atoms with Crippen LogP contribution in [0.5, 0.6) is 11.5 Å². The second kappa shape index (κ2) is 8.91. The minimum atomic E-state index is -0.0867. The fourth-order valence-electron chi connectivity index (χ4n) is 2.57.